The van der Waals surface area contributed by atoms with Crippen LogP contribution in [0.1, 0.15) is 26.7 Å². The molecule has 2 aromatic rings. The average Bonchev–Trinajstić information content (AvgIpc) is 2.88. The van der Waals surface area contributed by atoms with Gasteiger partial charge in [-0.25, -0.2) is 4.98 Å². The SMILES string of the molecule is CCCN(CCC)C(=O)C1CN(c2nc3ccccc3s2)C1. The van der Waals surface area contributed by atoms with Crippen molar-refractivity contribution < 1.29 is 4.79 Å². The molecule has 1 aliphatic rings. The van der Waals surface area contributed by atoms with Crippen molar-refractivity contribution in [3.05, 3.63) is 24.3 Å². The van der Waals surface area contributed by atoms with Crippen LogP contribution in [0.4, 0.5) is 5.13 Å². The number of carbonyl (C=O) groups excluding carboxylic acids is 1. The molecule has 1 aliphatic heterocycles. The van der Waals surface area contributed by atoms with Gasteiger partial charge in [0.2, 0.25) is 5.91 Å². The van der Waals surface area contributed by atoms with E-state index in [0.29, 0.717) is 5.91 Å². The first-order valence-corrected chi connectivity index (χ1v) is 8.93. The van der Waals surface area contributed by atoms with Crippen LogP contribution in [0.15, 0.2) is 24.3 Å². The van der Waals surface area contributed by atoms with Gasteiger partial charge in [0, 0.05) is 26.2 Å². The Labute approximate surface area is 135 Å². The van der Waals surface area contributed by atoms with Crippen molar-refractivity contribution in [1.29, 1.82) is 0 Å². The summed E-state index contributed by atoms with van der Waals surface area (Å²) in [4.78, 5) is 21.5. The van der Waals surface area contributed by atoms with Gasteiger partial charge in [0.25, 0.3) is 0 Å². The highest BCUT2D eigenvalue weighted by Gasteiger charge is 2.36. The molecule has 22 heavy (non-hydrogen) atoms. The number of anilines is 1. The van der Waals surface area contributed by atoms with E-state index in [1.165, 1.54) is 4.70 Å². The number of nitrogens with zero attached hydrogens (tertiary/aromatic N) is 3. The van der Waals surface area contributed by atoms with Crippen molar-refractivity contribution in [2.45, 2.75) is 26.7 Å². The summed E-state index contributed by atoms with van der Waals surface area (Å²) in [7, 11) is 0. The van der Waals surface area contributed by atoms with E-state index in [1.54, 1.807) is 11.3 Å². The van der Waals surface area contributed by atoms with Crippen LogP contribution >= 0.6 is 11.3 Å². The van der Waals surface area contributed by atoms with Crippen LogP contribution in [0, 0.1) is 5.92 Å². The van der Waals surface area contributed by atoms with Crippen LogP contribution < -0.4 is 4.90 Å². The van der Waals surface area contributed by atoms with Gasteiger partial charge in [0.05, 0.1) is 16.1 Å². The number of aromatic nitrogens is 1. The monoisotopic (exact) mass is 317 g/mol. The number of para-hydroxylation sites is 1. The van der Waals surface area contributed by atoms with E-state index in [4.69, 9.17) is 0 Å². The molecule has 3 rings (SSSR count). The molecule has 0 spiro atoms. The van der Waals surface area contributed by atoms with Gasteiger partial charge >= 0.3 is 0 Å². The number of hydrogen-bond acceptors (Lipinski definition) is 4. The third kappa shape index (κ3) is 2.95. The fourth-order valence-corrected chi connectivity index (χ4v) is 3.90. The molecule has 1 aromatic carbocycles. The lowest BCUT2D eigenvalue weighted by molar-refractivity contribution is -0.136. The molecular formula is C17H23N3OS. The summed E-state index contributed by atoms with van der Waals surface area (Å²) in [6.07, 6.45) is 2.06. The van der Waals surface area contributed by atoms with Crippen LogP contribution in [0.25, 0.3) is 10.2 Å². The van der Waals surface area contributed by atoms with Crippen molar-refractivity contribution in [3.8, 4) is 0 Å². The van der Waals surface area contributed by atoms with Crippen molar-refractivity contribution in [2.75, 3.05) is 31.1 Å². The van der Waals surface area contributed by atoms with Gasteiger partial charge < -0.3 is 9.80 Å². The van der Waals surface area contributed by atoms with E-state index in [-0.39, 0.29) is 5.92 Å². The summed E-state index contributed by atoms with van der Waals surface area (Å²) >= 11 is 1.71. The maximum Gasteiger partial charge on any atom is 0.229 e. The molecule has 1 fully saturated rings. The molecular weight excluding hydrogens is 294 g/mol. The van der Waals surface area contributed by atoms with Gasteiger partial charge in [-0.2, -0.15) is 0 Å². The molecule has 0 aliphatic carbocycles. The highest BCUT2D eigenvalue weighted by Crippen LogP contribution is 2.33. The lowest BCUT2D eigenvalue weighted by Crippen LogP contribution is -2.54. The number of fused-ring (bicyclic) bond motifs is 1. The maximum absolute atomic E-state index is 12.5. The Bertz CT molecular complexity index is 609. The van der Waals surface area contributed by atoms with Crippen molar-refractivity contribution >= 4 is 32.6 Å². The van der Waals surface area contributed by atoms with Crippen molar-refractivity contribution in [2.24, 2.45) is 5.92 Å². The van der Waals surface area contributed by atoms with E-state index in [0.717, 1.165) is 49.7 Å². The molecule has 1 aromatic heterocycles. The van der Waals surface area contributed by atoms with Gasteiger partial charge in [0.1, 0.15) is 0 Å². The number of carbonyl (C=O) groups is 1. The third-order valence-electron chi connectivity index (χ3n) is 4.08. The summed E-state index contributed by atoms with van der Waals surface area (Å²) in [5.41, 5.74) is 1.05. The Morgan fingerprint density at radius 2 is 1.95 bits per heavy atom. The minimum absolute atomic E-state index is 0.144. The standard InChI is InChI=1S/C17H23N3OS/c1-3-9-19(10-4-2)16(21)13-11-20(12-13)17-18-14-7-5-6-8-15(14)22-17/h5-8,13H,3-4,9-12H2,1-2H3. The number of hydrogen-bond donors (Lipinski definition) is 0. The largest absolute Gasteiger partial charge is 0.346 e. The quantitative estimate of drug-likeness (QED) is 0.819. The molecule has 4 nitrogen and oxygen atoms in total. The Kier molecular flexibility index (Phi) is 4.62. The van der Waals surface area contributed by atoms with Crippen LogP contribution in [-0.2, 0) is 4.79 Å². The second-order valence-electron chi connectivity index (χ2n) is 5.89. The van der Waals surface area contributed by atoms with Crippen LogP contribution in [0.5, 0.6) is 0 Å². The summed E-state index contributed by atoms with van der Waals surface area (Å²) < 4.78 is 1.21. The molecule has 0 atom stereocenters. The van der Waals surface area contributed by atoms with Crippen LogP contribution in [0.3, 0.4) is 0 Å². The summed E-state index contributed by atoms with van der Waals surface area (Å²) in [5, 5.41) is 1.04. The predicted octanol–water partition coefficient (Wildman–Crippen LogP) is 3.38. The van der Waals surface area contributed by atoms with E-state index in [2.05, 4.69) is 29.8 Å². The predicted molar refractivity (Wildman–Crippen MR) is 92.5 cm³/mol. The van der Waals surface area contributed by atoms with Crippen LogP contribution in [0.2, 0.25) is 0 Å². The summed E-state index contributed by atoms with van der Waals surface area (Å²) in [5.74, 6) is 0.464. The Morgan fingerprint density at radius 1 is 1.27 bits per heavy atom. The molecule has 0 unspecified atom stereocenters. The van der Waals surface area contributed by atoms with Gasteiger partial charge in [0.15, 0.2) is 5.13 Å². The average molecular weight is 317 g/mol. The first-order chi connectivity index (χ1) is 10.7. The zero-order valence-corrected chi connectivity index (χ0v) is 14.1. The van der Waals surface area contributed by atoms with Crippen LogP contribution in [-0.4, -0.2) is 42.0 Å². The van der Waals surface area contributed by atoms with Gasteiger partial charge in [-0.1, -0.05) is 37.3 Å². The third-order valence-corrected chi connectivity index (χ3v) is 5.18. The Morgan fingerprint density at radius 3 is 2.59 bits per heavy atom. The Hall–Kier alpha value is -1.62. The molecule has 0 N–H and O–H groups in total. The molecule has 0 saturated carbocycles. The zero-order valence-electron chi connectivity index (χ0n) is 13.3. The number of benzene rings is 1. The first-order valence-electron chi connectivity index (χ1n) is 8.12. The first kappa shape index (κ1) is 15.3. The molecule has 1 amide bonds. The highest BCUT2D eigenvalue weighted by molar-refractivity contribution is 7.22. The smallest absolute Gasteiger partial charge is 0.229 e. The molecule has 0 bridgehead atoms. The molecule has 0 radical (unpaired) electrons. The molecule has 118 valence electrons. The second-order valence-corrected chi connectivity index (χ2v) is 6.90. The van der Waals surface area contributed by atoms with E-state index in [1.807, 2.05) is 23.1 Å². The van der Waals surface area contributed by atoms with Gasteiger partial charge in [-0.15, -0.1) is 0 Å². The summed E-state index contributed by atoms with van der Waals surface area (Å²) in [6.45, 7) is 7.63. The normalized spacial score (nSPS) is 15.1. The number of amides is 1. The second kappa shape index (κ2) is 6.65. The minimum atomic E-state index is 0.144. The lowest BCUT2D eigenvalue weighted by atomic mass is 9.99. The Balaban J connectivity index is 1.62. The highest BCUT2D eigenvalue weighted by atomic mass is 32.1. The number of thiazole rings is 1. The molecule has 5 heteroatoms. The van der Waals surface area contributed by atoms with E-state index in [9.17, 15) is 4.79 Å². The fourth-order valence-electron chi connectivity index (χ4n) is 2.92. The topological polar surface area (TPSA) is 36.4 Å². The van der Waals surface area contributed by atoms with Crippen molar-refractivity contribution in [3.63, 3.8) is 0 Å². The lowest BCUT2D eigenvalue weighted by Gasteiger charge is -2.40. The molecule has 1 saturated heterocycles. The maximum atomic E-state index is 12.5. The summed E-state index contributed by atoms with van der Waals surface area (Å²) in [6, 6.07) is 8.20. The van der Waals surface area contributed by atoms with E-state index < -0.39 is 0 Å². The van der Waals surface area contributed by atoms with Crippen molar-refractivity contribution in [1.82, 2.24) is 9.88 Å². The minimum Gasteiger partial charge on any atom is -0.346 e. The van der Waals surface area contributed by atoms with Gasteiger partial charge in [-0.3, -0.25) is 4.79 Å². The zero-order chi connectivity index (χ0) is 15.5. The number of rotatable bonds is 6. The van der Waals surface area contributed by atoms with Gasteiger partial charge in [-0.05, 0) is 25.0 Å². The fraction of sp³-hybridized carbons (Fsp3) is 0.529. The van der Waals surface area contributed by atoms with E-state index >= 15 is 0 Å². The molecule has 2 heterocycles.